The number of amides is 1. The number of hydrogen-bond donors (Lipinski definition) is 1. The number of carbonyl (C=O) groups is 1. The number of aryl methyl sites for hydroxylation is 1. The molecule has 3 rings (SSSR count). The fourth-order valence-corrected chi connectivity index (χ4v) is 4.36. The van der Waals surface area contributed by atoms with E-state index in [0.717, 1.165) is 6.42 Å². The summed E-state index contributed by atoms with van der Waals surface area (Å²) in [6, 6.07) is 5.40. The molecule has 158 valence electrons. The van der Waals surface area contributed by atoms with E-state index in [1.165, 1.54) is 31.0 Å². The highest BCUT2D eigenvalue weighted by molar-refractivity contribution is 7.99. The van der Waals surface area contributed by atoms with E-state index in [1.807, 2.05) is 0 Å². The van der Waals surface area contributed by atoms with Crippen molar-refractivity contribution in [2.45, 2.75) is 56.7 Å². The molecule has 1 aliphatic rings. The van der Waals surface area contributed by atoms with Crippen LogP contribution in [-0.2, 0) is 11.2 Å². The average Bonchev–Trinajstić information content (AvgIpc) is 3.15. The number of halogens is 2. The molecule has 29 heavy (non-hydrogen) atoms. The highest BCUT2D eigenvalue weighted by Crippen LogP contribution is 2.28. The minimum atomic E-state index is 0.0155. The molecule has 0 unspecified atom stereocenters. The number of carbonyl (C=O) groups excluding carboxylic acids is 1. The van der Waals surface area contributed by atoms with Crippen LogP contribution in [0.2, 0.25) is 10.0 Å². The minimum Gasteiger partial charge on any atom is -0.492 e. The van der Waals surface area contributed by atoms with Gasteiger partial charge in [0.1, 0.15) is 5.75 Å². The van der Waals surface area contributed by atoms with Crippen LogP contribution in [0.1, 0.15) is 44.9 Å². The lowest BCUT2D eigenvalue weighted by Crippen LogP contribution is -2.41. The number of rotatable bonds is 9. The second-order valence-corrected chi connectivity index (χ2v) is 8.98. The molecule has 1 amide bonds. The molecule has 1 fully saturated rings. The van der Waals surface area contributed by atoms with E-state index in [0.29, 0.717) is 52.3 Å². The zero-order valence-corrected chi connectivity index (χ0v) is 18.7. The van der Waals surface area contributed by atoms with Crippen molar-refractivity contribution in [1.82, 2.24) is 15.5 Å². The molecule has 9 heteroatoms. The van der Waals surface area contributed by atoms with E-state index in [2.05, 4.69) is 22.4 Å². The number of nitrogens with zero attached hydrogens (tertiary/aromatic N) is 2. The topological polar surface area (TPSA) is 77.2 Å². The minimum absolute atomic E-state index is 0.0155. The van der Waals surface area contributed by atoms with Gasteiger partial charge in [0.15, 0.2) is 0 Å². The molecule has 2 aromatic rings. The van der Waals surface area contributed by atoms with Crippen LogP contribution in [-0.4, -0.2) is 34.5 Å². The van der Waals surface area contributed by atoms with Crippen molar-refractivity contribution >= 4 is 40.9 Å². The molecule has 0 bridgehead atoms. The van der Waals surface area contributed by atoms with Crippen molar-refractivity contribution in [3.8, 4) is 5.75 Å². The maximum absolute atomic E-state index is 12.2. The Morgan fingerprint density at radius 3 is 2.93 bits per heavy atom. The van der Waals surface area contributed by atoms with Gasteiger partial charge >= 0.3 is 0 Å². The number of ether oxygens (including phenoxy) is 1. The molecule has 1 aromatic carbocycles. The Hall–Kier alpha value is -1.44. The molecule has 6 nitrogen and oxygen atoms in total. The summed E-state index contributed by atoms with van der Waals surface area (Å²) in [4.78, 5) is 12.2. The van der Waals surface area contributed by atoms with Crippen LogP contribution in [0.3, 0.4) is 0 Å². The third-order valence-electron chi connectivity index (χ3n) is 4.92. The molecule has 1 N–H and O–H groups in total. The van der Waals surface area contributed by atoms with Crippen molar-refractivity contribution in [1.29, 1.82) is 0 Å². The molecular weight excluding hydrogens is 433 g/mol. The van der Waals surface area contributed by atoms with Gasteiger partial charge in [-0.25, -0.2) is 0 Å². The Morgan fingerprint density at radius 2 is 2.14 bits per heavy atom. The number of hydrogen-bond acceptors (Lipinski definition) is 6. The summed E-state index contributed by atoms with van der Waals surface area (Å²) in [5.41, 5.74) is 0. The third-order valence-corrected chi connectivity index (χ3v) is 6.27. The van der Waals surface area contributed by atoms with Crippen LogP contribution < -0.4 is 10.1 Å². The maximum Gasteiger partial charge on any atom is 0.277 e. The predicted octanol–water partition coefficient (Wildman–Crippen LogP) is 5.18. The summed E-state index contributed by atoms with van der Waals surface area (Å²) < 4.78 is 11.2. The van der Waals surface area contributed by atoms with Crippen molar-refractivity contribution in [3.63, 3.8) is 0 Å². The van der Waals surface area contributed by atoms with Crippen molar-refractivity contribution in [3.05, 3.63) is 34.1 Å². The largest absolute Gasteiger partial charge is 0.492 e. The normalized spacial score (nSPS) is 19.1. The Morgan fingerprint density at radius 1 is 1.31 bits per heavy atom. The van der Waals surface area contributed by atoms with Gasteiger partial charge in [-0.2, -0.15) is 0 Å². The quantitative estimate of drug-likeness (QED) is 0.413. The van der Waals surface area contributed by atoms with Crippen LogP contribution in [0.25, 0.3) is 0 Å². The van der Waals surface area contributed by atoms with Gasteiger partial charge < -0.3 is 14.5 Å². The van der Waals surface area contributed by atoms with Gasteiger partial charge in [-0.3, -0.25) is 4.79 Å². The van der Waals surface area contributed by atoms with Gasteiger partial charge in [0.05, 0.1) is 17.4 Å². The zero-order valence-electron chi connectivity index (χ0n) is 16.3. The first-order valence-electron chi connectivity index (χ1n) is 9.83. The molecule has 1 heterocycles. The lowest BCUT2D eigenvalue weighted by Gasteiger charge is -2.29. The summed E-state index contributed by atoms with van der Waals surface area (Å²) in [5.74, 6) is 1.96. The molecule has 1 aliphatic carbocycles. The van der Waals surface area contributed by atoms with E-state index in [4.69, 9.17) is 32.4 Å². The van der Waals surface area contributed by atoms with Crippen molar-refractivity contribution in [2.75, 3.05) is 12.4 Å². The van der Waals surface area contributed by atoms with E-state index in [1.54, 1.807) is 18.2 Å². The van der Waals surface area contributed by atoms with Crippen molar-refractivity contribution < 1.29 is 13.9 Å². The van der Waals surface area contributed by atoms with E-state index < -0.39 is 0 Å². The molecule has 1 aromatic heterocycles. The highest BCUT2D eigenvalue weighted by atomic mass is 35.5. The third kappa shape index (κ3) is 7.08. The van der Waals surface area contributed by atoms with Gasteiger partial charge in [0, 0.05) is 17.5 Å². The smallest absolute Gasteiger partial charge is 0.277 e. The predicted molar refractivity (Wildman–Crippen MR) is 115 cm³/mol. The molecule has 2 atom stereocenters. The summed E-state index contributed by atoms with van der Waals surface area (Å²) in [6.07, 6.45) is 5.97. The lowest BCUT2D eigenvalue weighted by atomic mass is 9.86. The number of benzene rings is 1. The second kappa shape index (κ2) is 11.1. The van der Waals surface area contributed by atoms with E-state index in [9.17, 15) is 4.79 Å². The number of nitrogens with one attached hydrogen (secondary N) is 1. The Kier molecular flexibility index (Phi) is 8.51. The zero-order chi connectivity index (χ0) is 20.6. The highest BCUT2D eigenvalue weighted by Gasteiger charge is 2.23. The van der Waals surface area contributed by atoms with Crippen LogP contribution in [0, 0.1) is 5.92 Å². The number of thioether (sulfide) groups is 1. The Labute approximate surface area is 185 Å². The van der Waals surface area contributed by atoms with Crippen molar-refractivity contribution in [2.24, 2.45) is 5.92 Å². The van der Waals surface area contributed by atoms with Gasteiger partial charge in [-0.05, 0) is 43.4 Å². The van der Waals surface area contributed by atoms with Gasteiger partial charge in [0.2, 0.25) is 11.8 Å². The molecule has 0 saturated heterocycles. The summed E-state index contributed by atoms with van der Waals surface area (Å²) in [6.45, 7) is 2.67. The fraction of sp³-hybridized carbons (Fsp3) is 0.550. The molecular formula is C20H25Cl2N3O3S. The van der Waals surface area contributed by atoms with E-state index >= 15 is 0 Å². The maximum atomic E-state index is 12.2. The number of aromatic nitrogens is 2. The monoisotopic (exact) mass is 457 g/mol. The summed E-state index contributed by atoms with van der Waals surface area (Å²) in [5, 5.41) is 12.6. The lowest BCUT2D eigenvalue weighted by molar-refractivity contribution is -0.119. The first kappa shape index (κ1) is 22.2. The first-order valence-corrected chi connectivity index (χ1v) is 11.6. The van der Waals surface area contributed by atoms with Gasteiger partial charge in [-0.15, -0.1) is 10.2 Å². The van der Waals surface area contributed by atoms with Gasteiger partial charge in [0.25, 0.3) is 5.22 Å². The molecule has 1 saturated carbocycles. The SMILES string of the molecule is C[C@@H]1CCCC[C@@H]1NC(=O)CSc1nnc(CCCOc2ccc(Cl)cc2Cl)o1. The Balaban J connectivity index is 1.35. The Bertz CT molecular complexity index is 818. The standard InChI is InChI=1S/C20H25Cl2N3O3S/c1-13-5-2-3-6-16(13)23-18(26)12-29-20-25-24-19(28-20)7-4-10-27-17-9-8-14(21)11-15(17)22/h8-9,11,13,16H,2-7,10,12H2,1H3,(H,23,26)/t13-,16+/m1/s1. The summed E-state index contributed by atoms with van der Waals surface area (Å²) in [7, 11) is 0. The molecule has 0 spiro atoms. The summed E-state index contributed by atoms with van der Waals surface area (Å²) >= 11 is 13.2. The first-order chi connectivity index (χ1) is 14.0. The van der Waals surface area contributed by atoms with E-state index in [-0.39, 0.29) is 17.7 Å². The van der Waals surface area contributed by atoms with Crippen LogP contribution >= 0.6 is 35.0 Å². The molecule has 0 radical (unpaired) electrons. The second-order valence-electron chi connectivity index (χ2n) is 7.21. The van der Waals surface area contributed by atoms with Crippen LogP contribution in [0.4, 0.5) is 0 Å². The molecule has 0 aliphatic heterocycles. The average molecular weight is 458 g/mol. The van der Waals surface area contributed by atoms with Crippen LogP contribution in [0.15, 0.2) is 27.8 Å². The van der Waals surface area contributed by atoms with Gasteiger partial charge in [-0.1, -0.05) is 54.7 Å². The van der Waals surface area contributed by atoms with Crippen LogP contribution in [0.5, 0.6) is 5.75 Å². The fourth-order valence-electron chi connectivity index (χ4n) is 3.30.